The largest absolute Gasteiger partial charge is 0.355 e. The Morgan fingerprint density at radius 1 is 1.06 bits per heavy atom. The first-order chi connectivity index (χ1) is 14.9. The summed E-state index contributed by atoms with van der Waals surface area (Å²) in [6.07, 6.45) is 6.19. The number of carbonyl (C=O) groups is 1. The molecule has 3 N–H and O–H groups in total. The summed E-state index contributed by atoms with van der Waals surface area (Å²) in [7, 11) is 0. The minimum Gasteiger partial charge on any atom is -0.355 e. The second-order valence-corrected chi connectivity index (χ2v) is 8.46. The third kappa shape index (κ3) is 3.36. The van der Waals surface area contributed by atoms with Gasteiger partial charge in [0.1, 0.15) is 0 Å². The number of fused-ring (bicyclic) bond motifs is 2. The predicted molar refractivity (Wildman–Crippen MR) is 125 cm³/mol. The van der Waals surface area contributed by atoms with E-state index in [1.165, 1.54) is 0 Å². The fourth-order valence-corrected chi connectivity index (χ4v) is 4.44. The van der Waals surface area contributed by atoms with Crippen LogP contribution < -0.4 is 16.0 Å². The fourth-order valence-electron chi connectivity index (χ4n) is 4.44. The van der Waals surface area contributed by atoms with Crippen LogP contribution in [0.25, 0.3) is 22.0 Å². The number of primary amides is 1. The van der Waals surface area contributed by atoms with Crippen molar-refractivity contribution < 1.29 is 4.79 Å². The molecule has 154 valence electrons. The van der Waals surface area contributed by atoms with Crippen molar-refractivity contribution in [2.24, 2.45) is 5.73 Å². The van der Waals surface area contributed by atoms with E-state index < -0.39 is 6.03 Å². The van der Waals surface area contributed by atoms with E-state index in [2.05, 4.69) is 39.6 Å². The van der Waals surface area contributed by atoms with Gasteiger partial charge in [-0.25, -0.2) is 4.79 Å². The van der Waals surface area contributed by atoms with Gasteiger partial charge in [0.25, 0.3) is 0 Å². The van der Waals surface area contributed by atoms with E-state index in [1.807, 2.05) is 56.6 Å². The molecule has 1 aliphatic rings. The van der Waals surface area contributed by atoms with E-state index in [1.54, 1.807) is 11.1 Å². The number of carbonyl (C=O) groups excluding carboxylic acids is 1. The summed E-state index contributed by atoms with van der Waals surface area (Å²) in [5, 5.41) is 4.56. The first kappa shape index (κ1) is 19.1. The highest BCUT2D eigenvalue weighted by Gasteiger charge is 2.39. The number of aromatic nitrogens is 2. The highest BCUT2D eigenvalue weighted by molar-refractivity contribution is 5.97. The van der Waals surface area contributed by atoms with Crippen LogP contribution in [-0.4, -0.2) is 21.5 Å². The molecule has 0 unspecified atom stereocenters. The molecule has 3 heterocycles. The summed E-state index contributed by atoms with van der Waals surface area (Å²) in [6, 6.07) is 17.8. The lowest BCUT2D eigenvalue weighted by atomic mass is 9.99. The summed E-state index contributed by atoms with van der Waals surface area (Å²) in [4.78, 5) is 22.4. The highest BCUT2D eigenvalue weighted by atomic mass is 16.2. The van der Waals surface area contributed by atoms with E-state index >= 15 is 0 Å². The molecular formula is C25H23N5O. The van der Waals surface area contributed by atoms with Crippen LogP contribution >= 0.6 is 0 Å². The predicted octanol–water partition coefficient (Wildman–Crippen LogP) is 5.26. The van der Waals surface area contributed by atoms with Crippen molar-refractivity contribution >= 4 is 34.0 Å². The normalized spacial score (nSPS) is 14.5. The van der Waals surface area contributed by atoms with Crippen molar-refractivity contribution in [3.05, 3.63) is 78.8 Å². The molecule has 5 rings (SSSR count). The molecule has 31 heavy (non-hydrogen) atoms. The van der Waals surface area contributed by atoms with Crippen LogP contribution in [0.5, 0.6) is 0 Å². The molecule has 0 atom stereocenters. The van der Waals surface area contributed by atoms with Crippen LogP contribution in [0.15, 0.2) is 73.2 Å². The van der Waals surface area contributed by atoms with Crippen LogP contribution in [0, 0.1) is 0 Å². The molecular weight excluding hydrogens is 386 g/mol. The van der Waals surface area contributed by atoms with Crippen molar-refractivity contribution in [1.29, 1.82) is 0 Å². The maximum Gasteiger partial charge on any atom is 0.319 e. The van der Waals surface area contributed by atoms with Crippen molar-refractivity contribution in [2.75, 3.05) is 10.2 Å². The minimum atomic E-state index is -0.422. The summed E-state index contributed by atoms with van der Waals surface area (Å²) in [5.74, 6) is 0. The number of hydrogen-bond acceptors (Lipinski definition) is 4. The SMILES string of the molecule is CC1(C)Cc2cc(Nc3ccnc4cc(-c5cccnc5)ccc34)ccc2N1C(N)=O. The Morgan fingerprint density at radius 2 is 1.94 bits per heavy atom. The fraction of sp³-hybridized carbons (Fsp3) is 0.160. The summed E-state index contributed by atoms with van der Waals surface area (Å²) in [5.41, 5.74) is 12.3. The number of nitrogens with one attached hydrogen (secondary N) is 1. The van der Waals surface area contributed by atoms with Gasteiger partial charge in [0.05, 0.1) is 5.52 Å². The quantitative estimate of drug-likeness (QED) is 0.483. The Balaban J connectivity index is 1.49. The van der Waals surface area contributed by atoms with Gasteiger partial charge in [0.15, 0.2) is 0 Å². The van der Waals surface area contributed by atoms with Gasteiger partial charge < -0.3 is 11.1 Å². The van der Waals surface area contributed by atoms with Gasteiger partial charge in [-0.15, -0.1) is 0 Å². The zero-order chi connectivity index (χ0) is 21.6. The first-order valence-corrected chi connectivity index (χ1v) is 10.2. The lowest BCUT2D eigenvalue weighted by Gasteiger charge is -2.30. The van der Waals surface area contributed by atoms with Crippen molar-refractivity contribution in [3.63, 3.8) is 0 Å². The Hall–Kier alpha value is -3.93. The van der Waals surface area contributed by atoms with E-state index in [4.69, 9.17) is 5.73 Å². The molecule has 6 heteroatoms. The zero-order valence-electron chi connectivity index (χ0n) is 17.5. The molecule has 0 saturated heterocycles. The van der Waals surface area contributed by atoms with Crippen LogP contribution in [0.2, 0.25) is 0 Å². The van der Waals surface area contributed by atoms with Crippen molar-refractivity contribution in [1.82, 2.24) is 9.97 Å². The number of anilines is 3. The second kappa shape index (κ2) is 7.09. The first-order valence-electron chi connectivity index (χ1n) is 10.2. The van der Waals surface area contributed by atoms with Crippen LogP contribution in [0.3, 0.4) is 0 Å². The van der Waals surface area contributed by atoms with Gasteiger partial charge in [0.2, 0.25) is 0 Å². The molecule has 2 aromatic carbocycles. The minimum absolute atomic E-state index is 0.334. The Morgan fingerprint density at radius 3 is 2.71 bits per heavy atom. The van der Waals surface area contributed by atoms with Gasteiger partial charge in [0, 0.05) is 52.1 Å². The molecule has 0 spiro atoms. The molecule has 4 aromatic rings. The molecule has 6 nitrogen and oxygen atoms in total. The molecule has 0 bridgehead atoms. The maximum atomic E-state index is 12.0. The lowest BCUT2D eigenvalue weighted by Crippen LogP contribution is -2.48. The summed E-state index contributed by atoms with van der Waals surface area (Å²) in [6.45, 7) is 4.06. The summed E-state index contributed by atoms with van der Waals surface area (Å²) >= 11 is 0. The van der Waals surface area contributed by atoms with Crippen LogP contribution in [0.1, 0.15) is 19.4 Å². The third-order valence-corrected chi connectivity index (χ3v) is 5.79. The van der Waals surface area contributed by atoms with Crippen LogP contribution in [0.4, 0.5) is 21.9 Å². The second-order valence-electron chi connectivity index (χ2n) is 8.46. The topological polar surface area (TPSA) is 84.1 Å². The van der Waals surface area contributed by atoms with Crippen LogP contribution in [-0.2, 0) is 6.42 Å². The van der Waals surface area contributed by atoms with Gasteiger partial charge in [-0.2, -0.15) is 0 Å². The maximum absolute atomic E-state index is 12.0. The summed E-state index contributed by atoms with van der Waals surface area (Å²) < 4.78 is 0. The smallest absolute Gasteiger partial charge is 0.319 e. The molecule has 2 amide bonds. The Kier molecular flexibility index (Phi) is 4.36. The number of urea groups is 1. The van der Waals surface area contributed by atoms with Crippen molar-refractivity contribution in [3.8, 4) is 11.1 Å². The average Bonchev–Trinajstić information content (AvgIpc) is 3.03. The zero-order valence-corrected chi connectivity index (χ0v) is 17.5. The molecule has 1 aliphatic heterocycles. The monoisotopic (exact) mass is 409 g/mol. The number of amides is 2. The third-order valence-electron chi connectivity index (χ3n) is 5.79. The van der Waals surface area contributed by atoms with Gasteiger partial charge in [-0.3, -0.25) is 14.9 Å². The van der Waals surface area contributed by atoms with E-state index in [0.717, 1.165) is 51.1 Å². The van der Waals surface area contributed by atoms with Gasteiger partial charge in [-0.1, -0.05) is 18.2 Å². The number of benzene rings is 2. The van der Waals surface area contributed by atoms with E-state index in [9.17, 15) is 4.79 Å². The number of hydrogen-bond donors (Lipinski definition) is 2. The van der Waals surface area contributed by atoms with Gasteiger partial charge in [-0.05, 0) is 67.8 Å². The standard InChI is InChI=1S/C25H23N5O/c1-25(2)14-18-12-19(6-8-23(18)30(25)24(26)31)29-21-9-11-28-22-13-16(5-7-20(21)22)17-4-3-10-27-15-17/h3-13,15H,14H2,1-2H3,(H2,26,31)(H,28,29). The number of nitrogens with zero attached hydrogens (tertiary/aromatic N) is 3. The molecule has 0 saturated carbocycles. The molecule has 0 radical (unpaired) electrons. The number of rotatable bonds is 3. The van der Waals surface area contributed by atoms with E-state index in [0.29, 0.717) is 0 Å². The molecule has 2 aromatic heterocycles. The average molecular weight is 409 g/mol. The molecule has 0 aliphatic carbocycles. The number of pyridine rings is 2. The lowest BCUT2D eigenvalue weighted by molar-refractivity contribution is 0.249. The van der Waals surface area contributed by atoms with Crippen molar-refractivity contribution in [2.45, 2.75) is 25.8 Å². The van der Waals surface area contributed by atoms with E-state index in [-0.39, 0.29) is 5.54 Å². The Bertz CT molecular complexity index is 1300. The number of nitrogens with two attached hydrogens (primary N) is 1. The molecule has 0 fully saturated rings. The Labute approximate surface area is 180 Å². The highest BCUT2D eigenvalue weighted by Crippen LogP contribution is 2.40. The van der Waals surface area contributed by atoms with Gasteiger partial charge >= 0.3 is 6.03 Å².